The quantitative estimate of drug-likeness (QED) is 0.664. The molecule has 2 aromatic rings. The van der Waals surface area contributed by atoms with Crippen LogP contribution in [0.3, 0.4) is 0 Å². The van der Waals surface area contributed by atoms with Crippen LogP contribution in [0.15, 0.2) is 30.3 Å². The maximum absolute atomic E-state index is 7.85. The third kappa shape index (κ3) is 2.11. The fraction of sp³-hybridized carbons (Fsp3) is 0.375. The molecule has 4 nitrogen and oxygen atoms in total. The van der Waals surface area contributed by atoms with Gasteiger partial charge in [-0.15, -0.1) is 0 Å². The number of nitrogens with one attached hydrogen (secondary N) is 1. The molecule has 1 fully saturated rings. The average molecular weight is 268 g/mol. The van der Waals surface area contributed by atoms with Gasteiger partial charge >= 0.3 is 0 Å². The zero-order chi connectivity index (χ0) is 14.1. The van der Waals surface area contributed by atoms with Gasteiger partial charge in [0.15, 0.2) is 0 Å². The summed E-state index contributed by atoms with van der Waals surface area (Å²) in [6, 6.07) is 10.5. The zero-order valence-corrected chi connectivity index (χ0v) is 11.8. The lowest BCUT2D eigenvalue weighted by Crippen LogP contribution is -2.31. The van der Waals surface area contributed by atoms with Crippen LogP contribution in [-0.2, 0) is 0 Å². The topological polar surface area (TPSA) is 66.0 Å². The van der Waals surface area contributed by atoms with Gasteiger partial charge in [-0.3, -0.25) is 5.41 Å². The second kappa shape index (κ2) is 5.12. The zero-order valence-electron chi connectivity index (χ0n) is 11.8. The summed E-state index contributed by atoms with van der Waals surface area (Å²) in [7, 11) is 0. The highest BCUT2D eigenvalue weighted by atomic mass is 15.2. The predicted octanol–water partition coefficient (Wildman–Crippen LogP) is 2.90. The first-order chi connectivity index (χ1) is 9.70. The Kier molecular flexibility index (Phi) is 3.30. The van der Waals surface area contributed by atoms with Gasteiger partial charge in [0.25, 0.3) is 0 Å². The van der Waals surface area contributed by atoms with Crippen molar-refractivity contribution in [3.05, 3.63) is 35.9 Å². The Hall–Kier alpha value is -2.10. The maximum Gasteiger partial charge on any atom is 0.140 e. The number of pyridine rings is 1. The molecule has 4 heteroatoms. The Morgan fingerprint density at radius 1 is 1.45 bits per heavy atom. The molecule has 1 unspecified atom stereocenters. The molecule has 0 radical (unpaired) electrons. The monoisotopic (exact) mass is 268 g/mol. The molecule has 1 saturated heterocycles. The average Bonchev–Trinajstić information content (AvgIpc) is 2.94. The lowest BCUT2D eigenvalue weighted by molar-refractivity contribution is 0.641. The van der Waals surface area contributed by atoms with Crippen LogP contribution in [0.2, 0.25) is 0 Å². The van der Waals surface area contributed by atoms with Crippen molar-refractivity contribution in [3.63, 3.8) is 0 Å². The SMILES string of the molecule is CCC1CCCN1c1nc2ccccc2cc1C(=N)N. The van der Waals surface area contributed by atoms with E-state index in [0.717, 1.165) is 35.2 Å². The molecule has 1 atom stereocenters. The number of amidine groups is 1. The van der Waals surface area contributed by atoms with Crippen LogP contribution in [0.5, 0.6) is 0 Å². The van der Waals surface area contributed by atoms with Crippen molar-refractivity contribution in [2.45, 2.75) is 32.2 Å². The van der Waals surface area contributed by atoms with Crippen molar-refractivity contribution in [3.8, 4) is 0 Å². The first-order valence-electron chi connectivity index (χ1n) is 7.21. The smallest absolute Gasteiger partial charge is 0.140 e. The predicted molar refractivity (Wildman–Crippen MR) is 83.4 cm³/mol. The summed E-state index contributed by atoms with van der Waals surface area (Å²) in [6.07, 6.45) is 3.48. The highest BCUT2D eigenvalue weighted by Gasteiger charge is 2.27. The lowest BCUT2D eigenvalue weighted by atomic mass is 10.1. The second-order valence-corrected chi connectivity index (χ2v) is 5.36. The van der Waals surface area contributed by atoms with E-state index in [1.807, 2.05) is 30.3 Å². The van der Waals surface area contributed by atoms with Gasteiger partial charge in [0.05, 0.1) is 11.1 Å². The van der Waals surface area contributed by atoms with E-state index >= 15 is 0 Å². The van der Waals surface area contributed by atoms with E-state index in [4.69, 9.17) is 16.1 Å². The van der Waals surface area contributed by atoms with Gasteiger partial charge in [-0.25, -0.2) is 4.98 Å². The highest BCUT2D eigenvalue weighted by Crippen LogP contribution is 2.30. The fourth-order valence-corrected chi connectivity index (χ4v) is 3.06. The van der Waals surface area contributed by atoms with Crippen LogP contribution in [0.25, 0.3) is 10.9 Å². The second-order valence-electron chi connectivity index (χ2n) is 5.36. The summed E-state index contributed by atoms with van der Waals surface area (Å²) in [5.41, 5.74) is 7.50. The molecule has 0 bridgehead atoms. The summed E-state index contributed by atoms with van der Waals surface area (Å²) in [5, 5.41) is 8.89. The van der Waals surface area contributed by atoms with Gasteiger partial charge in [0, 0.05) is 18.0 Å². The number of nitrogen functional groups attached to an aromatic ring is 1. The Morgan fingerprint density at radius 2 is 2.25 bits per heavy atom. The normalized spacial score (nSPS) is 18.6. The van der Waals surface area contributed by atoms with Crippen LogP contribution in [0, 0.1) is 5.41 Å². The summed E-state index contributed by atoms with van der Waals surface area (Å²) in [4.78, 5) is 7.10. The number of aromatic nitrogens is 1. The first-order valence-corrected chi connectivity index (χ1v) is 7.21. The molecular formula is C16H20N4. The molecule has 0 saturated carbocycles. The van der Waals surface area contributed by atoms with Crippen molar-refractivity contribution in [2.24, 2.45) is 5.73 Å². The number of hydrogen-bond donors (Lipinski definition) is 2. The van der Waals surface area contributed by atoms with Gasteiger partial charge in [0.2, 0.25) is 0 Å². The molecule has 3 rings (SSSR count). The third-order valence-corrected chi connectivity index (χ3v) is 4.11. The Bertz CT molecular complexity index is 650. The Balaban J connectivity index is 2.17. The number of benzene rings is 1. The summed E-state index contributed by atoms with van der Waals surface area (Å²) in [5.74, 6) is 0.973. The van der Waals surface area contributed by atoms with Gasteiger partial charge in [-0.2, -0.15) is 0 Å². The largest absolute Gasteiger partial charge is 0.384 e. The standard InChI is InChI=1S/C16H20N4/c1-2-12-7-5-9-20(12)16-13(15(17)18)10-11-6-3-4-8-14(11)19-16/h3-4,6,8,10,12H,2,5,7,9H2,1H3,(H3,17,18). The molecular weight excluding hydrogens is 248 g/mol. The van der Waals surface area contributed by atoms with Crippen LogP contribution >= 0.6 is 0 Å². The van der Waals surface area contributed by atoms with E-state index in [2.05, 4.69) is 11.8 Å². The first kappa shape index (κ1) is 12.9. The third-order valence-electron chi connectivity index (χ3n) is 4.11. The minimum Gasteiger partial charge on any atom is -0.384 e. The number of anilines is 1. The Morgan fingerprint density at radius 3 is 3.00 bits per heavy atom. The van der Waals surface area contributed by atoms with Crippen molar-refractivity contribution < 1.29 is 0 Å². The molecule has 104 valence electrons. The van der Waals surface area contributed by atoms with E-state index in [0.29, 0.717) is 6.04 Å². The number of fused-ring (bicyclic) bond motifs is 1. The van der Waals surface area contributed by atoms with E-state index < -0.39 is 0 Å². The minimum atomic E-state index is 0.0972. The molecule has 0 spiro atoms. The lowest BCUT2D eigenvalue weighted by Gasteiger charge is -2.27. The molecule has 1 aromatic carbocycles. The molecule has 2 heterocycles. The van der Waals surface area contributed by atoms with E-state index in [-0.39, 0.29) is 5.84 Å². The van der Waals surface area contributed by atoms with Gasteiger partial charge in [0.1, 0.15) is 11.7 Å². The number of nitrogens with zero attached hydrogens (tertiary/aromatic N) is 2. The van der Waals surface area contributed by atoms with Crippen LogP contribution < -0.4 is 10.6 Å². The highest BCUT2D eigenvalue weighted by molar-refractivity contribution is 6.03. The van der Waals surface area contributed by atoms with Gasteiger partial charge in [-0.1, -0.05) is 25.1 Å². The molecule has 1 aliphatic heterocycles. The molecule has 20 heavy (non-hydrogen) atoms. The maximum atomic E-state index is 7.85. The molecule has 0 aliphatic carbocycles. The summed E-state index contributed by atoms with van der Waals surface area (Å²) < 4.78 is 0. The van der Waals surface area contributed by atoms with Crippen molar-refractivity contribution in [2.75, 3.05) is 11.4 Å². The van der Waals surface area contributed by atoms with E-state index in [1.165, 1.54) is 12.8 Å². The molecule has 1 aliphatic rings. The van der Waals surface area contributed by atoms with Crippen LogP contribution in [-0.4, -0.2) is 23.4 Å². The number of rotatable bonds is 3. The number of hydrogen-bond acceptors (Lipinski definition) is 3. The van der Waals surface area contributed by atoms with Crippen LogP contribution in [0.4, 0.5) is 5.82 Å². The molecule has 0 amide bonds. The summed E-state index contributed by atoms with van der Waals surface area (Å²) in [6.45, 7) is 3.21. The van der Waals surface area contributed by atoms with Crippen LogP contribution in [0.1, 0.15) is 31.7 Å². The molecule has 3 N–H and O–H groups in total. The van der Waals surface area contributed by atoms with Gasteiger partial charge in [-0.05, 0) is 31.4 Å². The fourth-order valence-electron chi connectivity index (χ4n) is 3.06. The van der Waals surface area contributed by atoms with Crippen molar-refractivity contribution in [1.82, 2.24) is 4.98 Å². The Labute approximate surface area is 119 Å². The van der Waals surface area contributed by atoms with Gasteiger partial charge < -0.3 is 10.6 Å². The van der Waals surface area contributed by atoms with Crippen molar-refractivity contribution >= 4 is 22.6 Å². The minimum absolute atomic E-state index is 0.0972. The van der Waals surface area contributed by atoms with E-state index in [9.17, 15) is 0 Å². The number of nitrogens with two attached hydrogens (primary N) is 1. The van der Waals surface area contributed by atoms with Crippen molar-refractivity contribution in [1.29, 1.82) is 5.41 Å². The molecule has 1 aromatic heterocycles. The number of para-hydroxylation sites is 1. The summed E-state index contributed by atoms with van der Waals surface area (Å²) >= 11 is 0. The van der Waals surface area contributed by atoms with E-state index in [1.54, 1.807) is 0 Å².